The minimum Gasteiger partial charge on any atom is -0.497 e. The average Bonchev–Trinajstić information content (AvgIpc) is 3.37. The lowest BCUT2D eigenvalue weighted by Crippen LogP contribution is -2.48. The molecule has 11 heteroatoms. The van der Waals surface area contributed by atoms with Crippen LogP contribution in [0.15, 0.2) is 71.6 Å². The van der Waals surface area contributed by atoms with Gasteiger partial charge in [-0.1, -0.05) is 41.2 Å². The molecule has 1 fully saturated rings. The van der Waals surface area contributed by atoms with Gasteiger partial charge in [-0.2, -0.15) is 0 Å². The summed E-state index contributed by atoms with van der Waals surface area (Å²) in [6, 6.07) is 19.1. The van der Waals surface area contributed by atoms with E-state index < -0.39 is 10.0 Å². The lowest BCUT2D eigenvalue weighted by Gasteiger charge is -2.34. The summed E-state index contributed by atoms with van der Waals surface area (Å²) in [7, 11) is -2.15. The van der Waals surface area contributed by atoms with Crippen molar-refractivity contribution < 1.29 is 17.9 Å². The van der Waals surface area contributed by atoms with Crippen LogP contribution in [0.5, 0.6) is 5.75 Å². The van der Waals surface area contributed by atoms with Gasteiger partial charge in [0, 0.05) is 39.3 Å². The number of ether oxygens (including phenoxy) is 1. The van der Waals surface area contributed by atoms with Crippen molar-refractivity contribution in [3.8, 4) is 5.75 Å². The topological polar surface area (TPSA) is 104 Å². The number of carbonyl (C=O) groups excluding carboxylic acids is 1. The minimum absolute atomic E-state index is 0.146. The van der Waals surface area contributed by atoms with E-state index in [0.717, 1.165) is 52.8 Å². The van der Waals surface area contributed by atoms with E-state index >= 15 is 0 Å². The number of sulfonamides is 1. The molecule has 1 aromatic heterocycles. The highest BCUT2D eigenvalue weighted by Crippen LogP contribution is 2.31. The van der Waals surface area contributed by atoms with Crippen LogP contribution in [0.4, 0.5) is 10.8 Å². The van der Waals surface area contributed by atoms with Crippen molar-refractivity contribution in [2.45, 2.75) is 11.8 Å². The highest BCUT2D eigenvalue weighted by Gasteiger charge is 2.21. The van der Waals surface area contributed by atoms with Gasteiger partial charge in [-0.25, -0.2) is 13.4 Å². The quantitative estimate of drug-likeness (QED) is 0.317. The molecule has 1 aliphatic rings. The van der Waals surface area contributed by atoms with Gasteiger partial charge in [0.25, 0.3) is 15.9 Å². The number of rotatable bonds is 9. The number of anilines is 2. The van der Waals surface area contributed by atoms with E-state index in [1.807, 2.05) is 25.1 Å². The molecule has 3 aromatic carbocycles. The van der Waals surface area contributed by atoms with Gasteiger partial charge in [0.15, 0.2) is 5.13 Å². The van der Waals surface area contributed by atoms with Gasteiger partial charge in [0.2, 0.25) is 0 Å². The number of aryl methyl sites for hydroxylation is 1. The third-order valence-electron chi connectivity index (χ3n) is 6.69. The molecule has 0 bridgehead atoms. The molecule has 2 N–H and O–H groups in total. The zero-order valence-electron chi connectivity index (χ0n) is 21.9. The Kier molecular flexibility index (Phi) is 8.01. The van der Waals surface area contributed by atoms with Gasteiger partial charge < -0.3 is 15.0 Å². The number of hydrogen-bond donors (Lipinski definition) is 2. The largest absolute Gasteiger partial charge is 0.497 e. The smallest absolute Gasteiger partial charge is 0.261 e. The number of methoxy groups -OCH3 is 1. The molecule has 0 unspecified atom stereocenters. The van der Waals surface area contributed by atoms with Crippen LogP contribution in [0.1, 0.15) is 15.9 Å². The number of amides is 1. The number of hydrogen-bond acceptors (Lipinski definition) is 8. The minimum atomic E-state index is -3.82. The third-order valence-corrected chi connectivity index (χ3v) is 9.15. The van der Waals surface area contributed by atoms with E-state index in [1.54, 1.807) is 67.0 Å². The summed E-state index contributed by atoms with van der Waals surface area (Å²) in [4.78, 5) is 22.5. The van der Waals surface area contributed by atoms with Crippen LogP contribution in [0.25, 0.3) is 10.2 Å². The van der Waals surface area contributed by atoms with Crippen LogP contribution in [0.3, 0.4) is 0 Å². The van der Waals surface area contributed by atoms with E-state index in [1.165, 1.54) is 0 Å². The molecule has 4 aromatic rings. The fourth-order valence-electron chi connectivity index (χ4n) is 4.43. The monoisotopic (exact) mass is 565 g/mol. The second-order valence-electron chi connectivity index (χ2n) is 9.38. The van der Waals surface area contributed by atoms with E-state index in [2.05, 4.69) is 19.8 Å². The van der Waals surface area contributed by atoms with E-state index in [9.17, 15) is 13.2 Å². The van der Waals surface area contributed by atoms with Gasteiger partial charge >= 0.3 is 0 Å². The Bertz CT molecular complexity index is 1560. The van der Waals surface area contributed by atoms with Crippen LogP contribution >= 0.6 is 11.3 Å². The Morgan fingerprint density at radius 2 is 1.77 bits per heavy atom. The Hall–Kier alpha value is -3.67. The van der Waals surface area contributed by atoms with E-state index in [0.29, 0.717) is 13.1 Å². The third kappa shape index (κ3) is 6.32. The molecular formula is C28H31N5O4S2. The first-order valence-corrected chi connectivity index (χ1v) is 15.0. The molecule has 9 nitrogen and oxygen atoms in total. The SMILES string of the molecule is COc1ccc2nc(N3CCN(CCNC(=O)c4ccccc4NS(=O)(=O)c4ccc(C)cc4)CC3)sc2c1. The summed E-state index contributed by atoms with van der Waals surface area (Å²) in [5, 5.41) is 3.95. The fraction of sp³-hybridized carbons (Fsp3) is 0.286. The number of piperazine rings is 1. The van der Waals surface area contributed by atoms with Crippen molar-refractivity contribution in [2.24, 2.45) is 0 Å². The standard InChI is InChI=1S/C28H31N5O4S2/c1-20-7-10-22(11-8-20)39(35,36)31-24-6-4-3-5-23(24)27(34)29-13-14-32-15-17-33(18-16-32)28-30-25-12-9-21(37-2)19-26(25)38-28/h3-12,19,31H,13-18H2,1-2H3,(H,29,34). The van der Waals surface area contributed by atoms with Crippen LogP contribution in [0, 0.1) is 6.92 Å². The first kappa shape index (κ1) is 26.9. The molecule has 0 saturated carbocycles. The van der Waals surface area contributed by atoms with Crippen molar-refractivity contribution in [3.63, 3.8) is 0 Å². The van der Waals surface area contributed by atoms with E-state index in [-0.39, 0.29) is 22.1 Å². The highest BCUT2D eigenvalue weighted by molar-refractivity contribution is 7.92. The Balaban J connectivity index is 1.13. The van der Waals surface area contributed by atoms with Gasteiger partial charge in [-0.3, -0.25) is 14.4 Å². The van der Waals surface area contributed by atoms with Crippen molar-refractivity contribution in [2.75, 3.05) is 56.0 Å². The maximum absolute atomic E-state index is 13.0. The maximum Gasteiger partial charge on any atom is 0.261 e. The molecule has 0 spiro atoms. The van der Waals surface area contributed by atoms with Crippen molar-refractivity contribution in [3.05, 3.63) is 77.9 Å². The van der Waals surface area contributed by atoms with Gasteiger partial charge in [-0.15, -0.1) is 0 Å². The molecule has 204 valence electrons. The van der Waals surface area contributed by atoms with Crippen LogP contribution < -0.4 is 19.7 Å². The lowest BCUT2D eigenvalue weighted by atomic mass is 10.1. The molecule has 1 amide bonds. The normalized spacial score (nSPS) is 14.4. The zero-order chi connectivity index (χ0) is 27.4. The number of fused-ring (bicyclic) bond motifs is 1. The fourth-order valence-corrected chi connectivity index (χ4v) is 6.56. The predicted molar refractivity (Wildman–Crippen MR) is 156 cm³/mol. The van der Waals surface area contributed by atoms with Crippen LogP contribution in [-0.2, 0) is 10.0 Å². The summed E-state index contributed by atoms with van der Waals surface area (Å²) < 4.78 is 34.7. The number of para-hydroxylation sites is 1. The summed E-state index contributed by atoms with van der Waals surface area (Å²) >= 11 is 1.67. The molecular weight excluding hydrogens is 534 g/mol. The summed E-state index contributed by atoms with van der Waals surface area (Å²) in [5.74, 6) is 0.511. The first-order chi connectivity index (χ1) is 18.8. The predicted octanol–water partition coefficient (Wildman–Crippen LogP) is 3.97. The first-order valence-electron chi connectivity index (χ1n) is 12.7. The Morgan fingerprint density at radius 3 is 2.51 bits per heavy atom. The molecule has 5 rings (SSSR count). The summed E-state index contributed by atoms with van der Waals surface area (Å²) in [6.07, 6.45) is 0. The molecule has 1 aliphatic heterocycles. The molecule has 0 radical (unpaired) electrons. The molecule has 0 atom stereocenters. The number of thiazole rings is 1. The number of carbonyl (C=O) groups is 1. The maximum atomic E-state index is 13.0. The zero-order valence-corrected chi connectivity index (χ0v) is 23.5. The number of nitrogens with zero attached hydrogens (tertiary/aromatic N) is 3. The number of aromatic nitrogens is 1. The van der Waals surface area contributed by atoms with Crippen molar-refractivity contribution >= 4 is 48.3 Å². The van der Waals surface area contributed by atoms with Gasteiger partial charge in [0.05, 0.1) is 33.5 Å². The Morgan fingerprint density at radius 1 is 1.03 bits per heavy atom. The van der Waals surface area contributed by atoms with Crippen molar-refractivity contribution in [1.82, 2.24) is 15.2 Å². The van der Waals surface area contributed by atoms with Crippen LogP contribution in [-0.4, -0.2) is 70.6 Å². The van der Waals surface area contributed by atoms with Crippen LogP contribution in [0.2, 0.25) is 0 Å². The Labute approximate surface area is 232 Å². The molecule has 2 heterocycles. The van der Waals surface area contributed by atoms with Crippen molar-refractivity contribution in [1.29, 1.82) is 0 Å². The highest BCUT2D eigenvalue weighted by atomic mass is 32.2. The second-order valence-corrected chi connectivity index (χ2v) is 12.1. The average molecular weight is 566 g/mol. The lowest BCUT2D eigenvalue weighted by molar-refractivity contribution is 0.0948. The molecule has 1 saturated heterocycles. The van der Waals surface area contributed by atoms with Gasteiger partial charge in [0.1, 0.15) is 5.75 Å². The number of nitrogens with one attached hydrogen (secondary N) is 2. The summed E-state index contributed by atoms with van der Waals surface area (Å²) in [5.41, 5.74) is 2.47. The van der Waals surface area contributed by atoms with Gasteiger partial charge in [-0.05, 0) is 49.4 Å². The van der Waals surface area contributed by atoms with E-state index in [4.69, 9.17) is 9.72 Å². The molecule has 0 aliphatic carbocycles. The molecule has 39 heavy (non-hydrogen) atoms. The second kappa shape index (κ2) is 11.6. The summed E-state index contributed by atoms with van der Waals surface area (Å²) in [6.45, 7) is 6.49. The number of benzene rings is 3.